The zero-order valence-electron chi connectivity index (χ0n) is 20.1. The fraction of sp³-hybridized carbons (Fsp3) is 0.615. The number of rotatable bonds is 4. The Balaban J connectivity index is 1.35. The average Bonchev–Trinajstić information content (AvgIpc) is 3.22. The van der Waals surface area contributed by atoms with Crippen LogP contribution < -0.4 is 5.32 Å². The normalized spacial score (nSPS) is 32.0. The highest BCUT2D eigenvalue weighted by Gasteiger charge is 2.54. The van der Waals surface area contributed by atoms with Crippen LogP contribution in [0.3, 0.4) is 0 Å². The van der Waals surface area contributed by atoms with Crippen molar-refractivity contribution in [2.45, 2.75) is 52.1 Å². The number of hydrogen-bond donors (Lipinski definition) is 2. The summed E-state index contributed by atoms with van der Waals surface area (Å²) in [7, 11) is 0. The summed E-state index contributed by atoms with van der Waals surface area (Å²) < 4.78 is 18.7. The highest BCUT2D eigenvalue weighted by atomic mass is 32.1. The van der Waals surface area contributed by atoms with Crippen molar-refractivity contribution in [1.29, 1.82) is 0 Å². The molecule has 0 spiro atoms. The molecule has 0 radical (unpaired) electrons. The Hall–Kier alpha value is -2.03. The molecule has 1 amide bonds. The molecule has 8 heteroatoms. The van der Waals surface area contributed by atoms with E-state index in [-0.39, 0.29) is 40.8 Å². The molecule has 34 heavy (non-hydrogen) atoms. The molecule has 1 unspecified atom stereocenters. The molecule has 2 heterocycles. The summed E-state index contributed by atoms with van der Waals surface area (Å²) in [6.45, 7) is 8.89. The molecule has 5 rings (SSSR count). The van der Waals surface area contributed by atoms with E-state index in [1.165, 1.54) is 17.0 Å². The Bertz CT molecular complexity index is 1040. The van der Waals surface area contributed by atoms with Crippen LogP contribution in [0.5, 0.6) is 0 Å². The van der Waals surface area contributed by atoms with Gasteiger partial charge in [-0.2, -0.15) is 0 Å². The van der Waals surface area contributed by atoms with Crippen LogP contribution in [0.15, 0.2) is 24.3 Å². The fourth-order valence-corrected chi connectivity index (χ4v) is 7.80. The number of hydrogen-bond acceptors (Lipinski definition) is 6. The maximum Gasteiger partial charge on any atom is 0.225 e. The summed E-state index contributed by atoms with van der Waals surface area (Å²) in [5, 5.41) is 15.7. The Morgan fingerprint density at radius 2 is 2.03 bits per heavy atom. The van der Waals surface area contributed by atoms with Gasteiger partial charge < -0.3 is 20.1 Å². The summed E-state index contributed by atoms with van der Waals surface area (Å²) in [5.74, 6) is -0.235. The van der Waals surface area contributed by atoms with Gasteiger partial charge in [-0.3, -0.25) is 4.79 Å². The van der Waals surface area contributed by atoms with Gasteiger partial charge in [0.15, 0.2) is 5.13 Å². The molecule has 1 saturated carbocycles. The highest BCUT2D eigenvalue weighted by Crippen LogP contribution is 2.57. The van der Waals surface area contributed by atoms with Gasteiger partial charge >= 0.3 is 0 Å². The second-order valence-electron chi connectivity index (χ2n) is 10.5. The minimum absolute atomic E-state index is 0.0241. The number of aromatic nitrogens is 1. The van der Waals surface area contributed by atoms with Crippen LogP contribution in [-0.4, -0.2) is 53.3 Å². The number of nitrogens with one attached hydrogen (secondary N) is 1. The summed E-state index contributed by atoms with van der Waals surface area (Å²) in [4.78, 5) is 21.2. The van der Waals surface area contributed by atoms with Gasteiger partial charge in [0.25, 0.3) is 0 Å². The van der Waals surface area contributed by atoms with E-state index in [4.69, 9.17) is 9.72 Å². The highest BCUT2D eigenvalue weighted by molar-refractivity contribution is 7.15. The predicted molar refractivity (Wildman–Crippen MR) is 131 cm³/mol. The Morgan fingerprint density at radius 3 is 2.74 bits per heavy atom. The van der Waals surface area contributed by atoms with E-state index in [0.717, 1.165) is 35.8 Å². The topological polar surface area (TPSA) is 74.7 Å². The Labute approximate surface area is 204 Å². The minimum Gasteiger partial charge on any atom is -0.392 e. The lowest BCUT2D eigenvalue weighted by Crippen LogP contribution is -2.54. The van der Waals surface area contributed by atoms with Crippen LogP contribution in [0.2, 0.25) is 0 Å². The van der Waals surface area contributed by atoms with Gasteiger partial charge in [-0.25, -0.2) is 9.37 Å². The molecule has 2 fully saturated rings. The lowest BCUT2D eigenvalue weighted by Gasteiger charge is -2.53. The van der Waals surface area contributed by atoms with Crippen molar-refractivity contribution in [3.05, 3.63) is 40.7 Å². The molecule has 184 valence electrons. The Kier molecular flexibility index (Phi) is 6.42. The fourth-order valence-electron chi connectivity index (χ4n) is 6.51. The second-order valence-corrected chi connectivity index (χ2v) is 11.6. The van der Waals surface area contributed by atoms with Gasteiger partial charge in [0, 0.05) is 35.5 Å². The number of amides is 1. The lowest BCUT2D eigenvalue weighted by atomic mass is 9.53. The van der Waals surface area contributed by atoms with Crippen LogP contribution >= 0.6 is 11.3 Å². The molecule has 1 aliphatic heterocycles. The third-order valence-corrected chi connectivity index (χ3v) is 9.36. The van der Waals surface area contributed by atoms with Gasteiger partial charge in [-0.05, 0) is 60.8 Å². The number of fused-ring (bicyclic) bond motifs is 2. The summed E-state index contributed by atoms with van der Waals surface area (Å²) in [5.41, 5.74) is 1.83. The van der Waals surface area contributed by atoms with Gasteiger partial charge in [0.05, 0.1) is 25.0 Å². The number of thiazole rings is 1. The second kappa shape index (κ2) is 9.21. The summed E-state index contributed by atoms with van der Waals surface area (Å²) >= 11 is 1.65. The van der Waals surface area contributed by atoms with Gasteiger partial charge in [0.2, 0.25) is 5.91 Å². The number of carbonyl (C=O) groups is 1. The van der Waals surface area contributed by atoms with Crippen molar-refractivity contribution >= 4 is 28.1 Å². The maximum atomic E-state index is 13.3. The van der Waals surface area contributed by atoms with Gasteiger partial charge in [-0.15, -0.1) is 11.3 Å². The van der Waals surface area contributed by atoms with E-state index in [0.29, 0.717) is 26.3 Å². The lowest BCUT2D eigenvalue weighted by molar-refractivity contribution is -0.148. The van der Waals surface area contributed by atoms with Gasteiger partial charge in [0.1, 0.15) is 5.82 Å². The molecular weight excluding hydrogens is 453 g/mol. The zero-order valence-corrected chi connectivity index (χ0v) is 20.9. The SMILES string of the molecule is C[C@H](C(=O)N1CCOCC1)C1CC[C@@]2(C)Cc3sc(Nc4ccc(F)cc4)nc3[C@@H](C)[C@@H]2[C@H]1O. The quantitative estimate of drug-likeness (QED) is 0.661. The Morgan fingerprint density at radius 1 is 1.32 bits per heavy atom. The molecule has 6 atom stereocenters. The monoisotopic (exact) mass is 487 g/mol. The van der Waals surface area contributed by atoms with E-state index in [9.17, 15) is 14.3 Å². The molecular formula is C26H34FN3O3S. The molecule has 1 aromatic heterocycles. The van der Waals surface area contributed by atoms with E-state index < -0.39 is 6.10 Å². The maximum absolute atomic E-state index is 13.3. The van der Waals surface area contributed by atoms with Crippen LogP contribution in [0.4, 0.5) is 15.2 Å². The number of aliphatic hydroxyl groups excluding tert-OH is 1. The number of nitrogens with zero attached hydrogens (tertiary/aromatic N) is 2. The molecule has 3 aliphatic rings. The van der Waals surface area contributed by atoms with Crippen molar-refractivity contribution in [2.24, 2.45) is 23.2 Å². The third-order valence-electron chi connectivity index (χ3n) is 8.37. The molecule has 0 bridgehead atoms. The third kappa shape index (κ3) is 4.25. The van der Waals surface area contributed by atoms with Crippen molar-refractivity contribution in [1.82, 2.24) is 9.88 Å². The van der Waals surface area contributed by atoms with Crippen molar-refractivity contribution in [3.63, 3.8) is 0 Å². The average molecular weight is 488 g/mol. The molecule has 2 aliphatic carbocycles. The molecule has 6 nitrogen and oxygen atoms in total. The number of halogens is 1. The molecule has 2 N–H and O–H groups in total. The van der Waals surface area contributed by atoms with Crippen molar-refractivity contribution in [3.8, 4) is 0 Å². The number of aliphatic hydroxyl groups is 1. The molecule has 1 saturated heterocycles. The van der Waals surface area contributed by atoms with Crippen molar-refractivity contribution in [2.75, 3.05) is 31.6 Å². The first-order valence-electron chi connectivity index (χ1n) is 12.3. The standard InChI is InChI=1S/C26H34FN3O3S/c1-15(24(32)30-10-12-33-13-11-30)19-8-9-26(3)14-20-22(16(2)21(26)23(19)31)29-25(34-20)28-18-6-4-17(27)5-7-18/h4-7,15-16,19,21,23,31H,8-14H2,1-3H3,(H,28,29)/t15-,16-,19?,21+,23-,26-/m0/s1. The van der Waals surface area contributed by atoms with Crippen LogP contribution in [0.1, 0.15) is 50.1 Å². The number of benzene rings is 1. The van der Waals surface area contributed by atoms with Crippen LogP contribution in [-0.2, 0) is 16.0 Å². The number of anilines is 2. The van der Waals surface area contributed by atoms with E-state index >= 15 is 0 Å². The first-order valence-corrected chi connectivity index (χ1v) is 13.2. The smallest absolute Gasteiger partial charge is 0.225 e. The number of carbonyl (C=O) groups excluding carboxylic acids is 1. The molecule has 2 aromatic rings. The number of morpholine rings is 1. The van der Waals surface area contributed by atoms with E-state index in [1.54, 1.807) is 23.5 Å². The van der Waals surface area contributed by atoms with E-state index in [1.807, 2.05) is 11.8 Å². The first kappa shape index (κ1) is 23.7. The summed E-state index contributed by atoms with van der Waals surface area (Å²) in [6.07, 6.45) is 2.18. The first-order chi connectivity index (χ1) is 16.3. The van der Waals surface area contributed by atoms with Crippen LogP contribution in [0, 0.1) is 29.0 Å². The zero-order chi connectivity index (χ0) is 24.0. The van der Waals surface area contributed by atoms with Gasteiger partial charge in [-0.1, -0.05) is 20.8 Å². The van der Waals surface area contributed by atoms with Crippen LogP contribution in [0.25, 0.3) is 0 Å². The number of ether oxygens (including phenoxy) is 1. The largest absolute Gasteiger partial charge is 0.392 e. The van der Waals surface area contributed by atoms with E-state index in [2.05, 4.69) is 19.2 Å². The minimum atomic E-state index is -0.544. The van der Waals surface area contributed by atoms with Crippen molar-refractivity contribution < 1.29 is 19.0 Å². The predicted octanol–water partition coefficient (Wildman–Crippen LogP) is 4.57. The summed E-state index contributed by atoms with van der Waals surface area (Å²) in [6, 6.07) is 6.29. The molecule has 1 aromatic carbocycles.